The van der Waals surface area contributed by atoms with E-state index in [2.05, 4.69) is 13.8 Å². The van der Waals surface area contributed by atoms with Crippen molar-refractivity contribution in [1.29, 1.82) is 0 Å². The van der Waals surface area contributed by atoms with Crippen LogP contribution < -0.4 is 0 Å². The fraction of sp³-hybridized carbons (Fsp3) is 0.533. The first-order chi connectivity index (χ1) is 9.03. The minimum absolute atomic E-state index is 0.107. The smallest absolute Gasteiger partial charge is 0.253 e. The molecule has 2 N–H and O–H groups in total. The summed E-state index contributed by atoms with van der Waals surface area (Å²) in [5.74, 6) is -0.0802. The van der Waals surface area contributed by atoms with E-state index in [1.54, 1.807) is 4.90 Å². The second kappa shape index (κ2) is 7.02. The molecule has 0 atom stereocenters. The van der Waals surface area contributed by atoms with Crippen LogP contribution in [0.3, 0.4) is 0 Å². The Bertz CT molecular complexity index is 427. The predicted octanol–water partition coefficient (Wildman–Crippen LogP) is 3.00. The zero-order chi connectivity index (χ0) is 14.4. The van der Waals surface area contributed by atoms with Gasteiger partial charge in [-0.25, -0.2) is 0 Å². The monoisotopic (exact) mass is 265 g/mol. The van der Waals surface area contributed by atoms with Crippen molar-refractivity contribution in [1.82, 2.24) is 4.90 Å². The molecule has 1 rings (SSSR count). The summed E-state index contributed by atoms with van der Waals surface area (Å²) in [6, 6.07) is 4.19. The largest absolute Gasteiger partial charge is 0.504 e. The number of nitrogens with zero attached hydrogens (tertiary/aromatic N) is 1. The first kappa shape index (κ1) is 15.3. The molecule has 0 fully saturated rings. The van der Waals surface area contributed by atoms with E-state index in [0.717, 1.165) is 19.4 Å². The molecule has 19 heavy (non-hydrogen) atoms. The molecule has 0 radical (unpaired) electrons. The molecular formula is C15H23NO3. The zero-order valence-electron chi connectivity index (χ0n) is 11.9. The number of phenols is 2. The van der Waals surface area contributed by atoms with Crippen LogP contribution in [0.5, 0.6) is 11.5 Å². The molecule has 4 heteroatoms. The SMILES string of the molecule is CCC(CC)CN(CC)C(=O)c1ccc(O)c(O)c1. The number of carbonyl (C=O) groups is 1. The fourth-order valence-electron chi connectivity index (χ4n) is 2.05. The standard InChI is InChI=1S/C15H23NO3/c1-4-11(5-2)10-16(6-3)15(19)12-7-8-13(17)14(18)9-12/h7-9,11,17-18H,4-6,10H2,1-3H3. The molecule has 0 aliphatic rings. The van der Waals surface area contributed by atoms with Crippen molar-refractivity contribution >= 4 is 5.91 Å². The summed E-state index contributed by atoms with van der Waals surface area (Å²) in [6.45, 7) is 7.55. The lowest BCUT2D eigenvalue weighted by molar-refractivity contribution is 0.0734. The minimum atomic E-state index is -0.260. The topological polar surface area (TPSA) is 60.8 Å². The molecule has 0 aliphatic carbocycles. The number of hydrogen-bond acceptors (Lipinski definition) is 3. The van der Waals surface area contributed by atoms with Gasteiger partial charge in [0, 0.05) is 18.7 Å². The summed E-state index contributed by atoms with van der Waals surface area (Å²) < 4.78 is 0. The number of carbonyl (C=O) groups excluding carboxylic acids is 1. The second-order valence-electron chi connectivity index (χ2n) is 4.73. The highest BCUT2D eigenvalue weighted by molar-refractivity contribution is 5.94. The third-order valence-electron chi connectivity index (χ3n) is 3.52. The van der Waals surface area contributed by atoms with Crippen molar-refractivity contribution in [3.63, 3.8) is 0 Å². The Morgan fingerprint density at radius 1 is 1.16 bits per heavy atom. The molecule has 0 aliphatic heterocycles. The summed E-state index contributed by atoms with van der Waals surface area (Å²) in [7, 11) is 0. The van der Waals surface area contributed by atoms with Gasteiger partial charge in [0.25, 0.3) is 5.91 Å². The summed E-state index contributed by atoms with van der Waals surface area (Å²) >= 11 is 0. The van der Waals surface area contributed by atoms with Gasteiger partial charge in [0.1, 0.15) is 0 Å². The van der Waals surface area contributed by atoms with Gasteiger partial charge in [0.15, 0.2) is 11.5 Å². The third-order valence-corrected chi connectivity index (χ3v) is 3.52. The summed E-state index contributed by atoms with van der Waals surface area (Å²) in [4.78, 5) is 14.1. The highest BCUT2D eigenvalue weighted by Crippen LogP contribution is 2.25. The molecule has 0 spiro atoms. The van der Waals surface area contributed by atoms with Crippen LogP contribution in [-0.4, -0.2) is 34.1 Å². The van der Waals surface area contributed by atoms with E-state index in [0.29, 0.717) is 18.0 Å². The maximum atomic E-state index is 12.3. The molecule has 1 amide bonds. The molecule has 0 aromatic heterocycles. The van der Waals surface area contributed by atoms with Gasteiger partial charge >= 0.3 is 0 Å². The van der Waals surface area contributed by atoms with Crippen LogP contribution in [0.25, 0.3) is 0 Å². The maximum absolute atomic E-state index is 12.3. The summed E-state index contributed by atoms with van der Waals surface area (Å²) in [5, 5.41) is 18.7. The summed E-state index contributed by atoms with van der Waals surface area (Å²) in [6.07, 6.45) is 2.09. The number of phenolic OH excluding ortho intramolecular Hbond substituents is 2. The van der Waals surface area contributed by atoms with Crippen molar-refractivity contribution in [3.8, 4) is 11.5 Å². The van der Waals surface area contributed by atoms with Crippen LogP contribution in [0.4, 0.5) is 0 Å². The second-order valence-corrected chi connectivity index (χ2v) is 4.73. The van der Waals surface area contributed by atoms with Crippen molar-refractivity contribution in [3.05, 3.63) is 23.8 Å². The predicted molar refractivity (Wildman–Crippen MR) is 75.4 cm³/mol. The molecule has 0 saturated carbocycles. The number of rotatable bonds is 6. The van der Waals surface area contributed by atoms with Crippen molar-refractivity contribution in [2.75, 3.05) is 13.1 Å². The normalized spacial score (nSPS) is 10.7. The van der Waals surface area contributed by atoms with Gasteiger partial charge < -0.3 is 15.1 Å². The molecule has 0 bridgehead atoms. The number of benzene rings is 1. The average Bonchev–Trinajstić information content (AvgIpc) is 2.42. The van der Waals surface area contributed by atoms with Gasteiger partial charge in [0.05, 0.1) is 0 Å². The molecule has 0 heterocycles. The van der Waals surface area contributed by atoms with E-state index in [-0.39, 0.29) is 17.4 Å². The number of aromatic hydroxyl groups is 2. The van der Waals surface area contributed by atoms with Gasteiger partial charge in [-0.15, -0.1) is 0 Å². The highest BCUT2D eigenvalue weighted by atomic mass is 16.3. The Labute approximate surface area is 114 Å². The molecule has 106 valence electrons. The lowest BCUT2D eigenvalue weighted by atomic mass is 10.0. The van der Waals surface area contributed by atoms with E-state index in [1.807, 2.05) is 6.92 Å². The Balaban J connectivity index is 2.85. The number of hydrogen-bond donors (Lipinski definition) is 2. The van der Waals surface area contributed by atoms with Crippen LogP contribution in [0.1, 0.15) is 44.0 Å². The fourth-order valence-corrected chi connectivity index (χ4v) is 2.05. The Hall–Kier alpha value is -1.71. The van der Waals surface area contributed by atoms with Crippen LogP contribution in [-0.2, 0) is 0 Å². The maximum Gasteiger partial charge on any atom is 0.253 e. The van der Waals surface area contributed by atoms with Gasteiger partial charge in [-0.1, -0.05) is 26.7 Å². The van der Waals surface area contributed by atoms with E-state index >= 15 is 0 Å². The molecule has 1 aromatic carbocycles. The Morgan fingerprint density at radius 2 is 1.79 bits per heavy atom. The zero-order valence-corrected chi connectivity index (χ0v) is 11.9. The molecule has 1 aromatic rings. The highest BCUT2D eigenvalue weighted by Gasteiger charge is 2.18. The Kier molecular flexibility index (Phi) is 5.67. The van der Waals surface area contributed by atoms with Gasteiger partial charge in [0.2, 0.25) is 0 Å². The molecule has 0 unspecified atom stereocenters. The van der Waals surface area contributed by atoms with Crippen LogP contribution >= 0.6 is 0 Å². The average molecular weight is 265 g/mol. The van der Waals surface area contributed by atoms with Crippen LogP contribution in [0, 0.1) is 5.92 Å². The van der Waals surface area contributed by atoms with E-state index in [9.17, 15) is 15.0 Å². The minimum Gasteiger partial charge on any atom is -0.504 e. The van der Waals surface area contributed by atoms with Gasteiger partial charge in [-0.05, 0) is 31.0 Å². The molecule has 0 saturated heterocycles. The quantitative estimate of drug-likeness (QED) is 0.777. The van der Waals surface area contributed by atoms with Crippen molar-refractivity contribution in [2.45, 2.75) is 33.6 Å². The Morgan fingerprint density at radius 3 is 2.26 bits per heavy atom. The van der Waals surface area contributed by atoms with E-state index in [1.165, 1.54) is 18.2 Å². The lowest BCUT2D eigenvalue weighted by Crippen LogP contribution is -2.35. The first-order valence-electron chi connectivity index (χ1n) is 6.84. The number of amides is 1. The van der Waals surface area contributed by atoms with Crippen LogP contribution in [0.2, 0.25) is 0 Å². The van der Waals surface area contributed by atoms with E-state index < -0.39 is 0 Å². The molecular weight excluding hydrogens is 242 g/mol. The van der Waals surface area contributed by atoms with E-state index in [4.69, 9.17) is 0 Å². The van der Waals surface area contributed by atoms with Gasteiger partial charge in [-0.3, -0.25) is 4.79 Å². The lowest BCUT2D eigenvalue weighted by Gasteiger charge is -2.25. The summed E-state index contributed by atoms with van der Waals surface area (Å²) in [5.41, 5.74) is 0.406. The third kappa shape index (κ3) is 3.88. The van der Waals surface area contributed by atoms with Gasteiger partial charge in [-0.2, -0.15) is 0 Å². The van der Waals surface area contributed by atoms with Crippen molar-refractivity contribution < 1.29 is 15.0 Å². The van der Waals surface area contributed by atoms with Crippen molar-refractivity contribution in [2.24, 2.45) is 5.92 Å². The van der Waals surface area contributed by atoms with Crippen LogP contribution in [0.15, 0.2) is 18.2 Å². The first-order valence-corrected chi connectivity index (χ1v) is 6.84. The molecule has 4 nitrogen and oxygen atoms in total.